The molecule has 15 nitrogen and oxygen atoms in total. The number of hydrogen-bond donors (Lipinski definition) is 3. The number of nitrogens with one attached hydrogen (secondary N) is 1. The monoisotopic (exact) mass is 844 g/mol. The van der Waals surface area contributed by atoms with Crippen LogP contribution in [0.4, 0.5) is 5.82 Å². The van der Waals surface area contributed by atoms with Crippen molar-refractivity contribution in [2.75, 3.05) is 5.73 Å². The third-order valence-electron chi connectivity index (χ3n) is 8.59. The van der Waals surface area contributed by atoms with Gasteiger partial charge in [-0.3, -0.25) is 4.98 Å². The second kappa shape index (κ2) is 27.3. The maximum Gasteiger partial charge on any atom is 0.337 e. The quantitative estimate of drug-likeness (QED) is 0.136. The summed E-state index contributed by atoms with van der Waals surface area (Å²) in [4.78, 5) is 17.7. The highest BCUT2D eigenvalue weighted by Crippen LogP contribution is 2.16. The fourth-order valence-electron chi connectivity index (χ4n) is 4.70. The molecule has 4 N–H and O–H groups in total. The molecule has 0 spiro atoms. The summed E-state index contributed by atoms with van der Waals surface area (Å²) in [6.07, 6.45) is 8.41. The summed E-state index contributed by atoms with van der Waals surface area (Å²) in [5, 5.41) is 48.5. The van der Waals surface area contributed by atoms with Crippen LogP contribution >= 0.6 is 0 Å². The number of nitrogens with zero attached hydrogens (tertiary/aromatic N) is 11. The molecular weight excluding hydrogens is 779 g/mol. The van der Waals surface area contributed by atoms with Crippen molar-refractivity contribution in [3.63, 3.8) is 0 Å². The van der Waals surface area contributed by atoms with Crippen LogP contribution < -0.4 is 5.73 Å². The molecule has 7 aromatic rings. The second-order valence-corrected chi connectivity index (χ2v) is 16.1. The fraction of sp³-hybridized carbons (Fsp3) is 0.404. The second-order valence-electron chi connectivity index (χ2n) is 16.1. The molecular formula is C47H65N13O2. The number of aryl methyl sites for hydroxylation is 1. The number of nitrogen functional groups attached to an aromatic ring is 1. The van der Waals surface area contributed by atoms with Crippen LogP contribution in [0, 0.1) is 6.92 Å². The van der Waals surface area contributed by atoms with E-state index in [2.05, 4.69) is 142 Å². The van der Waals surface area contributed by atoms with Gasteiger partial charge in [-0.25, -0.2) is 4.79 Å². The van der Waals surface area contributed by atoms with Gasteiger partial charge in [0.2, 0.25) is 0 Å². The number of rotatable bonds is 7. The lowest BCUT2D eigenvalue weighted by atomic mass is 10.1. The first-order chi connectivity index (χ1) is 29.4. The van der Waals surface area contributed by atoms with Crippen LogP contribution in [-0.4, -0.2) is 72.0 Å². The van der Waals surface area contributed by atoms with E-state index in [0.29, 0.717) is 41.1 Å². The smallest absolute Gasteiger partial charge is 0.337 e. The van der Waals surface area contributed by atoms with E-state index in [1.165, 1.54) is 11.8 Å². The molecule has 0 amide bonds. The molecule has 0 unspecified atom stereocenters. The molecule has 0 aliphatic heterocycles. The van der Waals surface area contributed by atoms with Crippen molar-refractivity contribution in [3.8, 4) is 0 Å². The summed E-state index contributed by atoms with van der Waals surface area (Å²) in [5.74, 6) is 2.09. The van der Waals surface area contributed by atoms with Crippen molar-refractivity contribution in [2.24, 2.45) is 0 Å². The molecule has 330 valence electrons. The number of carboxylic acids is 1. The maximum absolute atomic E-state index is 10.5. The molecule has 0 fully saturated rings. The van der Waals surface area contributed by atoms with E-state index in [4.69, 9.17) is 10.8 Å². The number of aromatic carboxylic acids is 1. The van der Waals surface area contributed by atoms with Crippen LogP contribution in [0.5, 0.6) is 0 Å². The minimum Gasteiger partial charge on any atom is -0.478 e. The SMILES string of the molecule is CC(C)c1cc(C(=O)O)cnn1.CC(C)c1cc2cc[nH]c2nn1.CC(C)c1ccc(N)nn1.CC(C)c1ccccn1.CC(C)c1cccnn1.Cc1cnnc(C(C)C)c1. The fourth-order valence-corrected chi connectivity index (χ4v) is 4.70. The highest BCUT2D eigenvalue weighted by molar-refractivity contribution is 5.87. The molecule has 0 aliphatic rings. The normalized spacial score (nSPS) is 10.4. The Morgan fingerprint density at radius 3 is 1.52 bits per heavy atom. The van der Waals surface area contributed by atoms with E-state index in [-0.39, 0.29) is 11.5 Å². The summed E-state index contributed by atoms with van der Waals surface area (Å²) >= 11 is 0. The van der Waals surface area contributed by atoms with Gasteiger partial charge in [-0.2, -0.15) is 40.8 Å². The predicted octanol–water partition coefficient (Wildman–Crippen LogP) is 10.3. The molecule has 0 atom stereocenters. The zero-order chi connectivity index (χ0) is 46.2. The highest BCUT2D eigenvalue weighted by Gasteiger charge is 2.08. The van der Waals surface area contributed by atoms with E-state index in [1.54, 1.807) is 24.5 Å². The van der Waals surface area contributed by atoms with Gasteiger partial charge in [0.05, 0.1) is 46.4 Å². The summed E-state index contributed by atoms with van der Waals surface area (Å²) in [6.45, 7) is 27.0. The van der Waals surface area contributed by atoms with Crippen molar-refractivity contribution in [1.82, 2.24) is 61.0 Å². The van der Waals surface area contributed by atoms with E-state index < -0.39 is 5.97 Å². The number of nitrogens with two attached hydrogens (primary N) is 1. The number of fused-ring (bicyclic) bond motifs is 1. The summed E-state index contributed by atoms with van der Waals surface area (Å²) in [7, 11) is 0. The van der Waals surface area contributed by atoms with Gasteiger partial charge in [0.25, 0.3) is 0 Å². The Balaban J connectivity index is 0.000000257. The van der Waals surface area contributed by atoms with Crippen LogP contribution in [0.25, 0.3) is 11.0 Å². The average molecular weight is 844 g/mol. The third kappa shape index (κ3) is 19.6. The Kier molecular flexibility index (Phi) is 22.6. The van der Waals surface area contributed by atoms with Crippen LogP contribution in [-0.2, 0) is 0 Å². The van der Waals surface area contributed by atoms with E-state index >= 15 is 0 Å². The first kappa shape index (κ1) is 51.5. The van der Waals surface area contributed by atoms with Crippen LogP contribution in [0.3, 0.4) is 0 Å². The molecule has 0 saturated heterocycles. The Morgan fingerprint density at radius 2 is 1.06 bits per heavy atom. The van der Waals surface area contributed by atoms with Crippen molar-refractivity contribution in [1.29, 1.82) is 0 Å². The van der Waals surface area contributed by atoms with Gasteiger partial charge < -0.3 is 15.8 Å². The van der Waals surface area contributed by atoms with Gasteiger partial charge in [-0.15, -0.1) is 10.2 Å². The minimum absolute atomic E-state index is 0.189. The molecule has 7 aromatic heterocycles. The third-order valence-corrected chi connectivity index (χ3v) is 8.59. The summed E-state index contributed by atoms with van der Waals surface area (Å²) in [6, 6.07) is 21.2. The Hall–Kier alpha value is -6.64. The van der Waals surface area contributed by atoms with Crippen molar-refractivity contribution in [3.05, 3.63) is 143 Å². The molecule has 0 aliphatic carbocycles. The first-order valence-electron chi connectivity index (χ1n) is 20.8. The molecule has 0 bridgehead atoms. The topological polar surface area (TPSA) is 221 Å². The van der Waals surface area contributed by atoms with E-state index in [0.717, 1.165) is 39.5 Å². The lowest BCUT2D eigenvalue weighted by Crippen LogP contribution is -2.02. The Bertz CT molecular complexity index is 2240. The number of H-pyrrole nitrogens is 1. The number of carbonyl (C=O) groups is 1. The number of pyridine rings is 1. The number of aromatic amines is 1. The van der Waals surface area contributed by atoms with Gasteiger partial charge in [0.1, 0.15) is 5.82 Å². The van der Waals surface area contributed by atoms with Crippen LogP contribution in [0.2, 0.25) is 0 Å². The maximum atomic E-state index is 10.5. The van der Waals surface area contributed by atoms with Gasteiger partial charge in [0.15, 0.2) is 5.65 Å². The lowest BCUT2D eigenvalue weighted by molar-refractivity contribution is 0.0696. The first-order valence-corrected chi connectivity index (χ1v) is 20.8. The minimum atomic E-state index is -0.966. The van der Waals surface area contributed by atoms with Crippen molar-refractivity contribution >= 4 is 22.8 Å². The van der Waals surface area contributed by atoms with Crippen molar-refractivity contribution in [2.45, 2.75) is 126 Å². The molecule has 7 heterocycles. The molecule has 0 radical (unpaired) electrons. The molecule has 15 heteroatoms. The molecule has 62 heavy (non-hydrogen) atoms. The number of hydrogen-bond acceptors (Lipinski definition) is 13. The zero-order valence-electron chi connectivity index (χ0n) is 38.6. The Morgan fingerprint density at radius 1 is 0.532 bits per heavy atom. The van der Waals surface area contributed by atoms with Crippen molar-refractivity contribution < 1.29 is 9.90 Å². The average Bonchev–Trinajstić information content (AvgIpc) is 3.74. The zero-order valence-corrected chi connectivity index (χ0v) is 38.6. The van der Waals surface area contributed by atoms with Gasteiger partial charge in [-0.1, -0.05) is 89.2 Å². The van der Waals surface area contributed by atoms with Crippen LogP contribution in [0.15, 0.2) is 97.7 Å². The van der Waals surface area contributed by atoms with E-state index in [9.17, 15) is 4.79 Å². The molecule has 0 saturated carbocycles. The number of anilines is 1. The largest absolute Gasteiger partial charge is 0.478 e. The van der Waals surface area contributed by atoms with E-state index in [1.807, 2.05) is 75.6 Å². The Labute approximate surface area is 366 Å². The summed E-state index contributed by atoms with van der Waals surface area (Å²) < 4.78 is 0. The lowest BCUT2D eigenvalue weighted by Gasteiger charge is -2.02. The van der Waals surface area contributed by atoms with Gasteiger partial charge in [0, 0.05) is 29.7 Å². The highest BCUT2D eigenvalue weighted by atomic mass is 16.4. The number of carboxylic acid groups (broad SMARTS) is 1. The molecule has 7 rings (SSSR count). The van der Waals surface area contributed by atoms with Gasteiger partial charge >= 0.3 is 5.97 Å². The standard InChI is InChI=1S/C9H11N3.C8H10N2O2.C8H12N2.C8H11N.C7H11N3.C7H10N2/c1-6(2)8-5-7-3-4-10-9(7)12-11-8;1-5(2)7-3-6(8(11)12)4-9-10-7;1-6(2)8-4-7(3)5-9-10-8;1-7(2)8-5-3-4-6-9-8;1-5(2)6-3-4-7(8)10-9-6;1-6(2)7-4-3-5-8-9-7/h3-6H,1-2H3,(H,10,12);3-5H,1-2H3,(H,11,12);4-6H,1-3H3;3-7H,1-2H3;3-5H,1-2H3,(H2,8,10);3-6H,1-2H3. The predicted molar refractivity (Wildman–Crippen MR) is 247 cm³/mol. The summed E-state index contributed by atoms with van der Waals surface area (Å²) in [5.41, 5.74) is 13.6. The number of aromatic nitrogens is 12. The molecule has 0 aromatic carbocycles. The van der Waals surface area contributed by atoms with Gasteiger partial charge in [-0.05, 0) is 109 Å². The van der Waals surface area contributed by atoms with Crippen LogP contribution in [0.1, 0.15) is 169 Å².